The highest BCUT2D eigenvalue weighted by atomic mass is 16.7. The molecule has 0 aromatic carbocycles. The summed E-state index contributed by atoms with van der Waals surface area (Å²) >= 11 is 0. The van der Waals surface area contributed by atoms with Crippen molar-refractivity contribution in [2.45, 2.75) is 399 Å². The zero-order chi connectivity index (χ0) is 67.5. The van der Waals surface area contributed by atoms with Gasteiger partial charge >= 0.3 is 17.9 Å². The van der Waals surface area contributed by atoms with Crippen molar-refractivity contribution in [2.75, 3.05) is 47.5 Å². The van der Waals surface area contributed by atoms with E-state index in [2.05, 4.69) is 86.8 Å². The Labute approximate surface area is 577 Å². The zero-order valence-corrected chi connectivity index (χ0v) is 62.2. The molecule has 9 nitrogen and oxygen atoms in total. The Kier molecular flexibility index (Phi) is 71.9. The van der Waals surface area contributed by atoms with Crippen molar-refractivity contribution in [1.29, 1.82) is 0 Å². The topological polar surface area (TPSA) is 108 Å². The molecule has 2 unspecified atom stereocenters. The summed E-state index contributed by atoms with van der Waals surface area (Å²) in [5.41, 5.74) is 0. The van der Waals surface area contributed by atoms with Crippen LogP contribution in [0, 0.1) is 0 Å². The van der Waals surface area contributed by atoms with E-state index in [4.69, 9.17) is 18.9 Å². The van der Waals surface area contributed by atoms with Crippen molar-refractivity contribution in [3.05, 3.63) is 72.9 Å². The summed E-state index contributed by atoms with van der Waals surface area (Å²) in [6.07, 6.45) is 97.7. The van der Waals surface area contributed by atoms with Crippen LogP contribution in [0.3, 0.4) is 0 Å². The number of aliphatic carboxylic acids is 1. The van der Waals surface area contributed by atoms with E-state index in [0.717, 1.165) is 64.2 Å². The van der Waals surface area contributed by atoms with Gasteiger partial charge in [-0.25, -0.2) is 4.79 Å². The molecule has 542 valence electrons. The number of nitrogens with zero attached hydrogens (tertiary/aromatic N) is 1. The summed E-state index contributed by atoms with van der Waals surface area (Å²) in [5, 5.41) is 9.77. The van der Waals surface area contributed by atoms with E-state index < -0.39 is 18.4 Å². The van der Waals surface area contributed by atoms with Crippen LogP contribution in [-0.2, 0) is 33.3 Å². The average Bonchev–Trinajstić information content (AvgIpc) is 3.38. The maximum Gasteiger partial charge on any atom is 0.361 e. The molecule has 0 saturated heterocycles. The van der Waals surface area contributed by atoms with Gasteiger partial charge in [0.1, 0.15) is 13.2 Å². The van der Waals surface area contributed by atoms with E-state index in [1.165, 1.54) is 295 Å². The van der Waals surface area contributed by atoms with Gasteiger partial charge in [0.05, 0.1) is 34.4 Å². The number of hydrogen-bond acceptors (Lipinski definition) is 7. The number of carbonyl (C=O) groups is 3. The molecule has 2 atom stereocenters. The maximum atomic E-state index is 13.0. The molecule has 0 rings (SSSR count). The molecule has 0 saturated carbocycles. The molecule has 0 spiro atoms. The van der Waals surface area contributed by atoms with Gasteiger partial charge in [-0.2, -0.15) is 0 Å². The third-order valence-corrected chi connectivity index (χ3v) is 17.9. The molecular weight excluding hydrogens is 1150 g/mol. The molecule has 1 N–H and O–H groups in total. The molecular formula is C84H154NO8+. The van der Waals surface area contributed by atoms with E-state index in [1.54, 1.807) is 0 Å². The van der Waals surface area contributed by atoms with Crippen molar-refractivity contribution in [1.82, 2.24) is 0 Å². The highest BCUT2D eigenvalue weighted by Crippen LogP contribution is 2.19. The monoisotopic (exact) mass is 1310 g/mol. The van der Waals surface area contributed by atoms with Gasteiger partial charge in [0, 0.05) is 12.8 Å². The first-order chi connectivity index (χ1) is 45.6. The molecule has 9 heteroatoms. The number of likely N-dealkylation sites (N-methyl/N-ethyl adjacent to an activating group) is 1. The minimum atomic E-state index is -1.51. The number of esters is 2. The van der Waals surface area contributed by atoms with Crippen molar-refractivity contribution in [3.8, 4) is 0 Å². The van der Waals surface area contributed by atoms with Crippen molar-refractivity contribution < 1.29 is 42.9 Å². The molecule has 0 aliphatic carbocycles. The van der Waals surface area contributed by atoms with Crippen LogP contribution >= 0.6 is 0 Å². The Morgan fingerprint density at radius 2 is 0.581 bits per heavy atom. The molecule has 0 radical (unpaired) electrons. The Bertz CT molecular complexity index is 1760. The van der Waals surface area contributed by atoms with Crippen LogP contribution in [0.5, 0.6) is 0 Å². The number of allylic oxidation sites excluding steroid dienone is 12. The molecule has 0 amide bonds. The molecule has 0 aromatic heterocycles. The molecule has 0 fully saturated rings. The Hall–Kier alpha value is -3.27. The van der Waals surface area contributed by atoms with Gasteiger partial charge in [0.2, 0.25) is 0 Å². The third-order valence-electron chi connectivity index (χ3n) is 17.9. The minimum Gasteiger partial charge on any atom is -0.477 e. The standard InChI is InChI=1S/C84H153NO8/c1-6-8-10-12-14-16-18-20-22-24-26-28-30-32-34-36-37-38-39-40-41-42-43-44-45-47-49-51-53-55-57-59-61-63-65-67-69-71-73-75-82(87)93-80(79-92-84(83(88)89)90-77-76-85(3,4)5)78-91-81(86)74-72-70-68-66-64-62-60-58-56-54-52-50-48-46-35-33-31-29-27-25-23-21-19-17-15-13-11-9-7-2/h18-21,24-27,30-33,80,84H,6-17,22-23,28-29,34-79H2,1-5H3/p+1/b20-18-,21-19-,26-24-,27-25-,32-30-,33-31-. The number of quaternary nitrogens is 1. The molecule has 0 heterocycles. The Morgan fingerprint density at radius 3 is 0.860 bits per heavy atom. The lowest BCUT2D eigenvalue weighted by Gasteiger charge is -2.25. The average molecular weight is 1310 g/mol. The van der Waals surface area contributed by atoms with Gasteiger partial charge in [0.15, 0.2) is 6.10 Å². The van der Waals surface area contributed by atoms with E-state index in [9.17, 15) is 19.5 Å². The van der Waals surface area contributed by atoms with E-state index in [0.29, 0.717) is 17.4 Å². The second kappa shape index (κ2) is 74.5. The van der Waals surface area contributed by atoms with E-state index in [-0.39, 0.29) is 38.2 Å². The van der Waals surface area contributed by atoms with Crippen LogP contribution in [0.15, 0.2) is 72.9 Å². The summed E-state index contributed by atoms with van der Waals surface area (Å²) in [6, 6.07) is 0. The predicted octanol–water partition coefficient (Wildman–Crippen LogP) is 25.6. The van der Waals surface area contributed by atoms with E-state index in [1.807, 2.05) is 21.1 Å². The first-order valence-electron chi connectivity index (χ1n) is 40.1. The maximum absolute atomic E-state index is 13.0. The van der Waals surface area contributed by atoms with Gasteiger partial charge in [-0.3, -0.25) is 9.59 Å². The number of rotatable bonds is 75. The van der Waals surface area contributed by atoms with E-state index >= 15 is 0 Å². The number of carboxylic acid groups (broad SMARTS) is 1. The first-order valence-corrected chi connectivity index (χ1v) is 40.1. The Balaban J connectivity index is 3.99. The second-order valence-electron chi connectivity index (χ2n) is 28.4. The van der Waals surface area contributed by atoms with Crippen molar-refractivity contribution in [2.24, 2.45) is 0 Å². The van der Waals surface area contributed by atoms with Crippen LogP contribution in [-0.4, -0.2) is 87.4 Å². The van der Waals surface area contributed by atoms with Gasteiger partial charge in [-0.15, -0.1) is 0 Å². The summed E-state index contributed by atoms with van der Waals surface area (Å²) in [7, 11) is 5.99. The van der Waals surface area contributed by atoms with Gasteiger partial charge in [-0.1, -0.05) is 356 Å². The number of unbranched alkanes of at least 4 members (excludes halogenated alkanes) is 48. The lowest BCUT2D eigenvalue weighted by Crippen LogP contribution is -2.40. The smallest absolute Gasteiger partial charge is 0.361 e. The molecule has 0 bridgehead atoms. The SMILES string of the molecule is CCCCCCC/C=C\C/C=C\C/C=C\CCCCCCCCCCCCCCCCCCCCCCCCCCC(=O)OC(COC(=O)CCCCCCCCCCCCCCCC/C=C\C/C=C\C/C=C\CCCCCCC)COC(OCC[N+](C)(C)C)C(=O)O. The summed E-state index contributed by atoms with van der Waals surface area (Å²) in [4.78, 5) is 37.7. The van der Waals surface area contributed by atoms with Crippen LogP contribution in [0.1, 0.15) is 386 Å². The number of ether oxygens (including phenoxy) is 4. The minimum absolute atomic E-state index is 0.180. The summed E-state index contributed by atoms with van der Waals surface area (Å²) in [6.45, 7) is 4.91. The zero-order valence-electron chi connectivity index (χ0n) is 62.2. The van der Waals surface area contributed by atoms with Crippen molar-refractivity contribution in [3.63, 3.8) is 0 Å². The van der Waals surface area contributed by atoms with Crippen LogP contribution in [0.2, 0.25) is 0 Å². The van der Waals surface area contributed by atoms with Gasteiger partial charge < -0.3 is 28.5 Å². The number of hydrogen-bond donors (Lipinski definition) is 1. The second-order valence-corrected chi connectivity index (χ2v) is 28.4. The highest BCUT2D eigenvalue weighted by molar-refractivity contribution is 5.71. The van der Waals surface area contributed by atoms with Gasteiger partial charge in [0.25, 0.3) is 6.29 Å². The number of carbonyl (C=O) groups excluding carboxylic acids is 2. The molecule has 93 heavy (non-hydrogen) atoms. The predicted molar refractivity (Wildman–Crippen MR) is 401 cm³/mol. The molecule has 0 aliphatic rings. The van der Waals surface area contributed by atoms with Crippen LogP contribution in [0.25, 0.3) is 0 Å². The van der Waals surface area contributed by atoms with Crippen molar-refractivity contribution >= 4 is 17.9 Å². The van der Waals surface area contributed by atoms with Gasteiger partial charge in [-0.05, 0) is 89.9 Å². The largest absolute Gasteiger partial charge is 0.477 e. The fourth-order valence-corrected chi connectivity index (χ4v) is 11.8. The fraction of sp³-hybridized carbons (Fsp3) is 0.821. The number of carboxylic acids is 1. The first kappa shape index (κ1) is 89.7. The lowest BCUT2D eigenvalue weighted by molar-refractivity contribution is -0.870. The van der Waals surface area contributed by atoms with Crippen LogP contribution < -0.4 is 0 Å². The molecule has 0 aliphatic heterocycles. The summed E-state index contributed by atoms with van der Waals surface area (Å²) < 4.78 is 23.1. The quantitative estimate of drug-likeness (QED) is 0.0211. The normalized spacial score (nSPS) is 13.0. The highest BCUT2D eigenvalue weighted by Gasteiger charge is 2.25. The molecule has 0 aromatic rings. The third kappa shape index (κ3) is 76.0. The lowest BCUT2D eigenvalue weighted by atomic mass is 10.0. The Morgan fingerprint density at radius 1 is 0.323 bits per heavy atom. The summed E-state index contributed by atoms with van der Waals surface area (Å²) in [5.74, 6) is -1.98. The van der Waals surface area contributed by atoms with Crippen LogP contribution in [0.4, 0.5) is 0 Å². The fourth-order valence-electron chi connectivity index (χ4n) is 11.8.